The van der Waals surface area contributed by atoms with Crippen LogP contribution >= 0.6 is 0 Å². The van der Waals surface area contributed by atoms with E-state index in [0.717, 1.165) is 12.3 Å². The van der Waals surface area contributed by atoms with Crippen LogP contribution < -0.4 is 0 Å². The topological polar surface area (TPSA) is 0 Å². The molecular weight excluding hydrogens is 156 g/mol. The second-order valence-corrected chi connectivity index (χ2v) is 3.12. The first-order valence-corrected chi connectivity index (χ1v) is 4.81. The average Bonchev–Trinajstić information content (AvgIpc) is 2.01. The van der Waals surface area contributed by atoms with Gasteiger partial charge in [0.1, 0.15) is 0 Å². The van der Waals surface area contributed by atoms with Crippen molar-refractivity contribution in [2.45, 2.75) is 53.4 Å². The molecule has 0 aliphatic rings. The Hall–Kier alpha value is 0.766. The van der Waals surface area contributed by atoms with Crippen LogP contribution in [0, 0.1) is 19.3 Å². The summed E-state index contributed by atoms with van der Waals surface area (Å²) in [5, 5.41) is 0. The molecule has 0 aromatic rings. The third kappa shape index (κ3) is 30.9. The minimum atomic E-state index is 0. The summed E-state index contributed by atoms with van der Waals surface area (Å²) >= 11 is 0. The quantitative estimate of drug-likeness (QED) is 0.455. The van der Waals surface area contributed by atoms with E-state index in [1.54, 1.807) is 0 Å². The van der Waals surface area contributed by atoms with Crippen molar-refractivity contribution in [3.05, 3.63) is 13.3 Å². The van der Waals surface area contributed by atoms with Gasteiger partial charge in [-0.25, -0.2) is 0 Å². The molecule has 0 bridgehead atoms. The molecule has 0 saturated carbocycles. The van der Waals surface area contributed by atoms with Gasteiger partial charge in [0, 0.05) is 0 Å². The fourth-order valence-electron chi connectivity index (χ4n) is 0.500. The van der Waals surface area contributed by atoms with Gasteiger partial charge in [-0.2, -0.15) is 18.8 Å². The monoisotopic (exact) mass is 180 g/mol. The van der Waals surface area contributed by atoms with E-state index in [1.165, 1.54) is 19.3 Å². The smallest absolute Gasteiger partial charge is 0.343 e. The molecule has 0 aromatic heterocycles. The first-order chi connectivity index (χ1) is 5.18. The molecule has 0 spiro atoms. The van der Waals surface area contributed by atoms with E-state index < -0.39 is 0 Å². The Balaban J connectivity index is -0.000000142. The third-order valence-electron chi connectivity index (χ3n) is 1.28. The Morgan fingerprint density at radius 3 is 1.67 bits per heavy atom. The van der Waals surface area contributed by atoms with Crippen molar-refractivity contribution in [1.29, 1.82) is 0 Å². The number of hydrogen-bond acceptors (Lipinski definition) is 0. The van der Waals surface area contributed by atoms with Gasteiger partial charge in [0.15, 0.2) is 0 Å². The largest absolute Gasteiger partial charge is 2.00 e. The van der Waals surface area contributed by atoms with Crippen molar-refractivity contribution >= 4 is 23.1 Å². The Kier molecular flexibility index (Phi) is 27.4. The van der Waals surface area contributed by atoms with Gasteiger partial charge in [0.25, 0.3) is 0 Å². The first-order valence-electron chi connectivity index (χ1n) is 4.81. The molecule has 0 heterocycles. The fourth-order valence-corrected chi connectivity index (χ4v) is 0.500. The zero-order valence-corrected chi connectivity index (χ0v) is 10.8. The molecule has 0 unspecified atom stereocenters. The average molecular weight is 181 g/mol. The van der Waals surface area contributed by atoms with Crippen LogP contribution in [0.3, 0.4) is 0 Å². The Morgan fingerprint density at radius 2 is 1.58 bits per heavy atom. The van der Waals surface area contributed by atoms with E-state index in [4.69, 9.17) is 0 Å². The van der Waals surface area contributed by atoms with Gasteiger partial charge in [-0.3, -0.25) is 0 Å². The van der Waals surface area contributed by atoms with Crippen molar-refractivity contribution < 1.29 is 0 Å². The molecule has 0 aliphatic heterocycles. The van der Waals surface area contributed by atoms with Crippen LogP contribution in [0.25, 0.3) is 0 Å². The van der Waals surface area contributed by atoms with Crippen LogP contribution in [0.1, 0.15) is 53.4 Å². The first kappa shape index (κ1) is 18.5. The SMILES string of the molecule is CCC[CH-]C(C)C.[CH2-]CCC.[Mg+2]. The maximum atomic E-state index is 3.60. The predicted octanol–water partition coefficient (Wildman–Crippen LogP) is 3.89. The van der Waals surface area contributed by atoms with E-state index in [0.29, 0.717) is 0 Å². The molecule has 0 aliphatic carbocycles. The van der Waals surface area contributed by atoms with Crippen LogP contribution in [0.5, 0.6) is 0 Å². The minimum absolute atomic E-state index is 0. The molecule has 1 heteroatoms. The molecule has 0 N–H and O–H groups in total. The van der Waals surface area contributed by atoms with Crippen molar-refractivity contribution in [3.63, 3.8) is 0 Å². The molecule has 0 nitrogen and oxygen atoms in total. The second-order valence-electron chi connectivity index (χ2n) is 3.12. The van der Waals surface area contributed by atoms with Gasteiger partial charge in [-0.1, -0.05) is 40.5 Å². The summed E-state index contributed by atoms with van der Waals surface area (Å²) in [4.78, 5) is 0. The van der Waals surface area contributed by atoms with Gasteiger partial charge in [-0.15, -0.1) is 0 Å². The zero-order chi connectivity index (χ0) is 9.11. The molecule has 0 rings (SSSR count). The normalized spacial score (nSPS) is 8.50. The van der Waals surface area contributed by atoms with Crippen LogP contribution in [0.4, 0.5) is 0 Å². The molecule has 12 heavy (non-hydrogen) atoms. The Bertz CT molecular complexity index is 49.0. The summed E-state index contributed by atoms with van der Waals surface area (Å²) in [6, 6.07) is 0. The van der Waals surface area contributed by atoms with E-state index in [9.17, 15) is 0 Å². The number of rotatable bonds is 4. The van der Waals surface area contributed by atoms with Crippen molar-refractivity contribution in [3.8, 4) is 0 Å². The van der Waals surface area contributed by atoms with Gasteiger partial charge in [0.05, 0.1) is 0 Å². The number of unbranched alkanes of at least 4 members (excludes halogenated alkanes) is 2. The summed E-state index contributed by atoms with van der Waals surface area (Å²) in [6.07, 6.45) is 7.19. The maximum Gasteiger partial charge on any atom is 2.00 e. The predicted molar refractivity (Wildman–Crippen MR) is 60.1 cm³/mol. The third-order valence-corrected chi connectivity index (χ3v) is 1.28. The van der Waals surface area contributed by atoms with Gasteiger partial charge < -0.3 is 13.3 Å². The molecular formula is C11H24Mg. The Morgan fingerprint density at radius 1 is 1.17 bits per heavy atom. The van der Waals surface area contributed by atoms with Gasteiger partial charge in [-0.05, 0) is 0 Å². The maximum absolute atomic E-state index is 3.60. The van der Waals surface area contributed by atoms with Crippen LogP contribution in [0.15, 0.2) is 0 Å². The van der Waals surface area contributed by atoms with E-state index in [2.05, 4.69) is 41.0 Å². The summed E-state index contributed by atoms with van der Waals surface area (Å²) in [5.41, 5.74) is 0. The molecule has 70 valence electrons. The van der Waals surface area contributed by atoms with Crippen LogP contribution in [-0.4, -0.2) is 23.1 Å². The molecule has 0 amide bonds. The van der Waals surface area contributed by atoms with Crippen molar-refractivity contribution in [2.75, 3.05) is 0 Å². The summed E-state index contributed by atoms with van der Waals surface area (Å²) < 4.78 is 0. The van der Waals surface area contributed by atoms with Crippen molar-refractivity contribution in [2.24, 2.45) is 5.92 Å². The zero-order valence-electron chi connectivity index (χ0n) is 9.40. The van der Waals surface area contributed by atoms with E-state index in [1.807, 2.05) is 0 Å². The minimum Gasteiger partial charge on any atom is -0.343 e. The van der Waals surface area contributed by atoms with Crippen LogP contribution in [-0.2, 0) is 0 Å². The standard InChI is InChI=1S/C7H15.C4H9.Mg/c1-4-5-6-7(2)3;1-3-4-2;/h6-7H,4-5H2,1-3H3;1,3-4H2,2H3;/q2*-1;+2. The van der Waals surface area contributed by atoms with E-state index in [-0.39, 0.29) is 23.1 Å². The van der Waals surface area contributed by atoms with Gasteiger partial charge >= 0.3 is 23.1 Å². The molecule has 0 saturated heterocycles. The second kappa shape index (κ2) is 17.7. The van der Waals surface area contributed by atoms with Crippen molar-refractivity contribution in [1.82, 2.24) is 0 Å². The molecule has 0 atom stereocenters. The Labute approximate surface area is 95.7 Å². The van der Waals surface area contributed by atoms with Gasteiger partial charge in [0.2, 0.25) is 0 Å². The number of hydrogen-bond donors (Lipinski definition) is 0. The summed E-state index contributed by atoms with van der Waals surface area (Å²) in [5.74, 6) is 0.778. The summed E-state index contributed by atoms with van der Waals surface area (Å²) in [6.45, 7) is 12.4. The fraction of sp³-hybridized carbons (Fsp3) is 0.818. The van der Waals surface area contributed by atoms with Crippen LogP contribution in [0.2, 0.25) is 0 Å². The molecule has 0 radical (unpaired) electrons. The molecule has 0 aromatic carbocycles. The van der Waals surface area contributed by atoms with E-state index >= 15 is 0 Å². The summed E-state index contributed by atoms with van der Waals surface area (Å²) in [7, 11) is 0. The molecule has 0 fully saturated rings.